The Bertz CT molecular complexity index is 1720. The summed E-state index contributed by atoms with van der Waals surface area (Å²) in [5.41, 5.74) is 1.10. The van der Waals surface area contributed by atoms with E-state index in [1.165, 1.54) is 31.4 Å². The van der Waals surface area contributed by atoms with Crippen molar-refractivity contribution in [3.8, 4) is 5.75 Å². The lowest BCUT2D eigenvalue weighted by atomic mass is 9.85. The number of methoxy groups -OCH3 is 1. The minimum atomic E-state index is -1.06. The van der Waals surface area contributed by atoms with Crippen LogP contribution in [0.1, 0.15) is 20.7 Å². The average Bonchev–Trinajstić information content (AvgIpc) is 3.48. The smallest absolute Gasteiger partial charge is 0.269 e. The molecule has 4 atom stereocenters. The van der Waals surface area contributed by atoms with Crippen LogP contribution in [0.4, 0.5) is 11.4 Å². The number of imide groups is 1. The normalized spacial score (nSPS) is 22.5. The molecular formula is C31H22BrN3O7. The molecule has 0 aromatic heterocycles. The standard InChI is InChI=1S/C31H22BrN3O7/c1-42-24-12-7-18(15-22(24)32)29(37)27-26-25(30(38)34(31(26)39)20-8-10-21(11-9-20)35(40)41)23-16-19(13-14-33(23)27)28(36)17-5-3-2-4-6-17/h2-16,23,25-27H,1H3/t23-,25-,26+,27-/m0/s1. The topological polar surface area (TPSA) is 127 Å². The molecule has 0 saturated carbocycles. The Hall–Kier alpha value is -4.90. The Balaban J connectivity index is 1.42. The number of Topliss-reactive ketones (excluding diaryl/α,β-unsaturated/α-hetero) is 2. The zero-order chi connectivity index (χ0) is 29.7. The number of nitro groups is 1. The second kappa shape index (κ2) is 10.5. The van der Waals surface area contributed by atoms with Gasteiger partial charge >= 0.3 is 0 Å². The Kier molecular flexibility index (Phi) is 6.82. The summed E-state index contributed by atoms with van der Waals surface area (Å²) < 4.78 is 5.83. The summed E-state index contributed by atoms with van der Waals surface area (Å²) in [5, 5.41) is 11.1. The van der Waals surface area contributed by atoms with E-state index in [2.05, 4.69) is 15.9 Å². The van der Waals surface area contributed by atoms with E-state index in [1.54, 1.807) is 71.8 Å². The molecule has 42 heavy (non-hydrogen) atoms. The number of nitro benzene ring substituents is 1. The summed E-state index contributed by atoms with van der Waals surface area (Å²) in [7, 11) is 1.50. The molecule has 2 saturated heterocycles. The summed E-state index contributed by atoms with van der Waals surface area (Å²) >= 11 is 3.40. The van der Waals surface area contributed by atoms with Crippen molar-refractivity contribution in [2.75, 3.05) is 12.0 Å². The van der Waals surface area contributed by atoms with E-state index in [9.17, 15) is 29.3 Å². The molecule has 0 aliphatic carbocycles. The van der Waals surface area contributed by atoms with Crippen LogP contribution < -0.4 is 9.64 Å². The van der Waals surface area contributed by atoms with Gasteiger partial charge in [-0.1, -0.05) is 36.4 Å². The fourth-order valence-corrected chi connectivity index (χ4v) is 6.46. The second-order valence-corrected chi connectivity index (χ2v) is 10.9. The highest BCUT2D eigenvalue weighted by atomic mass is 79.9. The summed E-state index contributed by atoms with van der Waals surface area (Å²) in [6.07, 6.45) is 4.85. The van der Waals surface area contributed by atoms with Crippen molar-refractivity contribution < 1.29 is 28.8 Å². The number of hydrogen-bond acceptors (Lipinski definition) is 8. The molecule has 0 N–H and O–H groups in total. The fraction of sp³-hybridized carbons (Fsp3) is 0.161. The first kappa shape index (κ1) is 27.3. The van der Waals surface area contributed by atoms with Gasteiger partial charge in [0.15, 0.2) is 11.6 Å². The number of amides is 2. The molecule has 2 amide bonds. The Morgan fingerprint density at radius 2 is 1.62 bits per heavy atom. The number of ether oxygens (including phenoxy) is 1. The first-order valence-electron chi connectivity index (χ1n) is 13.0. The Morgan fingerprint density at radius 1 is 0.929 bits per heavy atom. The number of halogens is 1. The second-order valence-electron chi connectivity index (χ2n) is 10.1. The van der Waals surface area contributed by atoms with E-state index in [4.69, 9.17) is 4.74 Å². The molecule has 0 unspecified atom stereocenters. The van der Waals surface area contributed by atoms with Crippen LogP contribution in [0.15, 0.2) is 101 Å². The quantitative estimate of drug-likeness (QED) is 0.159. The number of non-ortho nitro benzene ring substituents is 1. The number of allylic oxidation sites excluding steroid dienone is 2. The van der Waals surface area contributed by atoms with Crippen molar-refractivity contribution in [1.29, 1.82) is 0 Å². The van der Waals surface area contributed by atoms with Gasteiger partial charge in [0.25, 0.3) is 5.69 Å². The molecule has 3 aliphatic rings. The number of carbonyl (C=O) groups excluding carboxylic acids is 4. The number of ketones is 2. The molecular weight excluding hydrogens is 606 g/mol. The molecule has 2 fully saturated rings. The average molecular weight is 628 g/mol. The van der Waals surface area contributed by atoms with Gasteiger partial charge in [0, 0.05) is 35.0 Å². The van der Waals surface area contributed by atoms with Crippen molar-refractivity contribution >= 4 is 50.7 Å². The maximum atomic E-state index is 14.1. The largest absolute Gasteiger partial charge is 0.496 e. The number of rotatable bonds is 7. The van der Waals surface area contributed by atoms with Gasteiger partial charge in [-0.15, -0.1) is 0 Å². The van der Waals surface area contributed by atoms with Crippen LogP contribution in [0, 0.1) is 22.0 Å². The lowest BCUT2D eigenvalue weighted by Crippen LogP contribution is -2.46. The van der Waals surface area contributed by atoms with E-state index in [1.807, 2.05) is 0 Å². The minimum absolute atomic E-state index is 0.172. The minimum Gasteiger partial charge on any atom is -0.496 e. The summed E-state index contributed by atoms with van der Waals surface area (Å²) in [4.78, 5) is 68.5. The summed E-state index contributed by atoms with van der Waals surface area (Å²) in [6, 6.07) is 16.8. The fourth-order valence-electron chi connectivity index (χ4n) is 5.92. The third-order valence-corrected chi connectivity index (χ3v) is 8.49. The van der Waals surface area contributed by atoms with Crippen molar-refractivity contribution in [2.24, 2.45) is 11.8 Å². The number of fused-ring (bicyclic) bond motifs is 3. The molecule has 210 valence electrons. The number of benzene rings is 3. The van der Waals surface area contributed by atoms with Crippen LogP contribution in [0.3, 0.4) is 0 Å². The van der Waals surface area contributed by atoms with E-state index in [0.29, 0.717) is 26.9 Å². The van der Waals surface area contributed by atoms with E-state index in [0.717, 1.165) is 4.90 Å². The lowest BCUT2D eigenvalue weighted by molar-refractivity contribution is -0.384. The van der Waals surface area contributed by atoms with E-state index >= 15 is 0 Å². The maximum absolute atomic E-state index is 14.1. The van der Waals surface area contributed by atoms with Gasteiger partial charge in [-0.3, -0.25) is 29.3 Å². The number of hydrogen-bond donors (Lipinski definition) is 0. The van der Waals surface area contributed by atoms with E-state index in [-0.39, 0.29) is 22.9 Å². The van der Waals surface area contributed by atoms with Gasteiger partial charge in [0.05, 0.1) is 40.1 Å². The van der Waals surface area contributed by atoms with Gasteiger partial charge in [-0.2, -0.15) is 0 Å². The van der Waals surface area contributed by atoms with Gasteiger partial charge in [0.2, 0.25) is 11.8 Å². The highest BCUT2D eigenvalue weighted by Gasteiger charge is 2.63. The summed E-state index contributed by atoms with van der Waals surface area (Å²) in [5.74, 6) is -3.26. The molecule has 11 heteroatoms. The van der Waals surface area contributed by atoms with Crippen LogP contribution in [-0.4, -0.2) is 52.4 Å². The SMILES string of the molecule is COc1ccc(C(=O)[C@@H]2[C@@H]3C(=O)N(c4ccc([N+](=O)[O-])cc4)C(=O)[C@H]3[C@@H]3C=C(C(=O)c4ccccc4)C=CN23)cc1Br. The monoisotopic (exact) mass is 627 g/mol. The first-order valence-corrected chi connectivity index (χ1v) is 13.8. The van der Waals surface area contributed by atoms with Crippen molar-refractivity contribution in [3.63, 3.8) is 0 Å². The van der Waals surface area contributed by atoms with Gasteiger partial charge < -0.3 is 9.64 Å². The zero-order valence-electron chi connectivity index (χ0n) is 22.0. The van der Waals surface area contributed by atoms with Crippen molar-refractivity contribution in [1.82, 2.24) is 4.90 Å². The third-order valence-electron chi connectivity index (χ3n) is 7.87. The highest BCUT2D eigenvalue weighted by molar-refractivity contribution is 9.10. The summed E-state index contributed by atoms with van der Waals surface area (Å²) in [6.45, 7) is 0. The molecule has 3 aliphatic heterocycles. The Morgan fingerprint density at radius 3 is 2.26 bits per heavy atom. The number of anilines is 1. The molecule has 3 aromatic rings. The van der Waals surface area contributed by atoms with Crippen LogP contribution in [-0.2, 0) is 9.59 Å². The van der Waals surface area contributed by atoms with Crippen LogP contribution in [0.25, 0.3) is 0 Å². The third kappa shape index (κ3) is 4.33. The van der Waals surface area contributed by atoms with Gasteiger partial charge in [-0.05, 0) is 52.3 Å². The molecule has 10 nitrogen and oxygen atoms in total. The van der Waals surface area contributed by atoms with Crippen LogP contribution in [0.5, 0.6) is 5.75 Å². The molecule has 0 bridgehead atoms. The molecule has 0 radical (unpaired) electrons. The zero-order valence-corrected chi connectivity index (χ0v) is 23.6. The Labute approximate surface area is 248 Å². The molecule has 3 aromatic carbocycles. The lowest BCUT2D eigenvalue weighted by Gasteiger charge is -2.32. The number of carbonyl (C=O) groups is 4. The number of nitrogens with zero attached hydrogens (tertiary/aromatic N) is 3. The van der Waals surface area contributed by atoms with Crippen LogP contribution >= 0.6 is 15.9 Å². The molecule has 0 spiro atoms. The predicted molar refractivity (Wildman–Crippen MR) is 155 cm³/mol. The predicted octanol–water partition coefficient (Wildman–Crippen LogP) is 4.74. The van der Waals surface area contributed by atoms with Gasteiger partial charge in [0.1, 0.15) is 11.8 Å². The maximum Gasteiger partial charge on any atom is 0.269 e. The molecule has 6 rings (SSSR count). The van der Waals surface area contributed by atoms with Crippen molar-refractivity contribution in [3.05, 3.63) is 122 Å². The van der Waals surface area contributed by atoms with Crippen LogP contribution in [0.2, 0.25) is 0 Å². The highest BCUT2D eigenvalue weighted by Crippen LogP contribution is 2.47. The van der Waals surface area contributed by atoms with E-state index < -0.39 is 40.7 Å². The van der Waals surface area contributed by atoms with Gasteiger partial charge in [-0.25, -0.2) is 4.90 Å². The molecule has 3 heterocycles. The first-order chi connectivity index (χ1) is 20.2. The van der Waals surface area contributed by atoms with Crippen molar-refractivity contribution in [2.45, 2.75) is 12.1 Å².